The number of fused-ring (bicyclic) bond motifs is 1. The molecule has 2 aromatic heterocycles. The van der Waals surface area contributed by atoms with Crippen LogP contribution in [0.2, 0.25) is 0 Å². The van der Waals surface area contributed by atoms with Crippen molar-refractivity contribution in [2.75, 3.05) is 0 Å². The van der Waals surface area contributed by atoms with Crippen LogP contribution in [0.15, 0.2) is 59.9 Å². The van der Waals surface area contributed by atoms with Crippen LogP contribution in [0.4, 0.5) is 0 Å². The van der Waals surface area contributed by atoms with E-state index in [1.165, 1.54) is 16.5 Å². The summed E-state index contributed by atoms with van der Waals surface area (Å²) in [5.41, 5.74) is 4.81. The predicted molar refractivity (Wildman–Crippen MR) is 104 cm³/mol. The van der Waals surface area contributed by atoms with Gasteiger partial charge in [-0.05, 0) is 25.5 Å². The molecular weight excluding hydrogens is 328 g/mol. The lowest BCUT2D eigenvalue weighted by molar-refractivity contribution is 0.687. The molecule has 0 unspecified atom stereocenters. The van der Waals surface area contributed by atoms with Gasteiger partial charge in [0.15, 0.2) is 11.0 Å². The normalized spacial score (nSPS) is 11.3. The van der Waals surface area contributed by atoms with E-state index in [0.717, 1.165) is 34.4 Å². The second-order valence-corrected chi connectivity index (χ2v) is 7.02. The Morgan fingerprint density at radius 1 is 1.04 bits per heavy atom. The van der Waals surface area contributed by atoms with Crippen molar-refractivity contribution in [3.8, 4) is 11.4 Å². The fourth-order valence-corrected chi connectivity index (χ4v) is 3.93. The highest BCUT2D eigenvalue weighted by molar-refractivity contribution is 7.98. The summed E-state index contributed by atoms with van der Waals surface area (Å²) in [6, 6.07) is 16.9. The highest BCUT2D eigenvalue weighted by Gasteiger charge is 2.16. The summed E-state index contributed by atoms with van der Waals surface area (Å²) in [4.78, 5) is 3.32. The van der Waals surface area contributed by atoms with Crippen LogP contribution in [-0.4, -0.2) is 19.7 Å². The Balaban J connectivity index is 1.64. The number of nitrogens with one attached hydrogen (secondary N) is 1. The van der Waals surface area contributed by atoms with Gasteiger partial charge in [-0.1, -0.05) is 59.8 Å². The third-order valence-electron chi connectivity index (χ3n) is 4.35. The maximum atomic E-state index is 4.48. The molecule has 0 atom stereocenters. The van der Waals surface area contributed by atoms with Gasteiger partial charge in [0.25, 0.3) is 0 Å². The fourth-order valence-electron chi connectivity index (χ4n) is 2.97. The summed E-state index contributed by atoms with van der Waals surface area (Å²) < 4.78 is 2.19. The Morgan fingerprint density at radius 3 is 2.64 bits per heavy atom. The van der Waals surface area contributed by atoms with Gasteiger partial charge in [-0.3, -0.25) is 0 Å². The summed E-state index contributed by atoms with van der Waals surface area (Å²) in [5.74, 6) is 1.82. The molecule has 0 radical (unpaired) electrons. The van der Waals surface area contributed by atoms with Crippen LogP contribution in [0, 0.1) is 6.92 Å². The molecule has 4 aromatic rings. The van der Waals surface area contributed by atoms with Gasteiger partial charge in [-0.2, -0.15) is 0 Å². The van der Waals surface area contributed by atoms with Gasteiger partial charge in [0.05, 0.1) is 0 Å². The maximum absolute atomic E-state index is 4.48. The van der Waals surface area contributed by atoms with E-state index in [0.29, 0.717) is 0 Å². The average molecular weight is 348 g/mol. The molecule has 1 N–H and O–H groups in total. The molecular formula is C20H20N4S. The minimum atomic E-state index is 0.845. The van der Waals surface area contributed by atoms with Crippen molar-refractivity contribution >= 4 is 22.7 Å². The SMILES string of the molecule is CCn1c(SCc2ccc(C)cc2)nnc1-c1c[nH]c2ccccc12. The number of H-pyrrole nitrogens is 1. The molecule has 4 nitrogen and oxygen atoms in total. The van der Waals surface area contributed by atoms with Gasteiger partial charge < -0.3 is 9.55 Å². The largest absolute Gasteiger partial charge is 0.360 e. The van der Waals surface area contributed by atoms with Crippen molar-refractivity contribution in [2.24, 2.45) is 0 Å². The van der Waals surface area contributed by atoms with Crippen LogP contribution < -0.4 is 0 Å². The molecule has 2 heterocycles. The number of nitrogens with zero attached hydrogens (tertiary/aromatic N) is 3. The zero-order valence-electron chi connectivity index (χ0n) is 14.4. The molecule has 0 aliphatic heterocycles. The molecule has 5 heteroatoms. The smallest absolute Gasteiger partial charge is 0.191 e. The Morgan fingerprint density at radius 2 is 1.84 bits per heavy atom. The van der Waals surface area contributed by atoms with Gasteiger partial charge in [0.1, 0.15) is 0 Å². The summed E-state index contributed by atoms with van der Waals surface area (Å²) in [5, 5.41) is 11.1. The van der Waals surface area contributed by atoms with Crippen LogP contribution >= 0.6 is 11.8 Å². The Bertz CT molecular complexity index is 998. The number of thioether (sulfide) groups is 1. The summed E-state index contributed by atoms with van der Waals surface area (Å²) in [7, 11) is 0. The van der Waals surface area contributed by atoms with Gasteiger partial charge in [-0.25, -0.2) is 0 Å². The van der Waals surface area contributed by atoms with Crippen molar-refractivity contribution in [3.05, 3.63) is 65.9 Å². The monoisotopic (exact) mass is 348 g/mol. The molecule has 25 heavy (non-hydrogen) atoms. The van der Waals surface area contributed by atoms with Crippen molar-refractivity contribution in [2.45, 2.75) is 31.3 Å². The molecule has 0 spiro atoms. The minimum Gasteiger partial charge on any atom is -0.360 e. The molecule has 2 aromatic carbocycles. The third-order valence-corrected chi connectivity index (χ3v) is 5.39. The van der Waals surface area contributed by atoms with E-state index in [2.05, 4.69) is 76.1 Å². The second-order valence-electron chi connectivity index (χ2n) is 6.07. The Hall–Kier alpha value is -2.53. The van der Waals surface area contributed by atoms with Crippen LogP contribution in [0.5, 0.6) is 0 Å². The van der Waals surface area contributed by atoms with Crippen molar-refractivity contribution in [1.29, 1.82) is 0 Å². The lowest BCUT2D eigenvalue weighted by atomic mass is 10.1. The molecule has 0 saturated heterocycles. The highest BCUT2D eigenvalue weighted by Crippen LogP contribution is 2.30. The van der Waals surface area contributed by atoms with Gasteiger partial charge in [0, 0.05) is 35.0 Å². The number of hydrogen-bond donors (Lipinski definition) is 1. The lowest BCUT2D eigenvalue weighted by Crippen LogP contribution is -1.99. The van der Waals surface area contributed by atoms with E-state index in [1.807, 2.05) is 12.3 Å². The van der Waals surface area contributed by atoms with Crippen molar-refractivity contribution in [3.63, 3.8) is 0 Å². The standard InChI is InChI=1S/C20H20N4S/c1-3-24-19(17-12-21-18-7-5-4-6-16(17)18)22-23-20(24)25-13-15-10-8-14(2)9-11-15/h4-12,21H,3,13H2,1-2H3. The van der Waals surface area contributed by atoms with Crippen LogP contribution in [-0.2, 0) is 12.3 Å². The van der Waals surface area contributed by atoms with E-state index in [4.69, 9.17) is 0 Å². The minimum absolute atomic E-state index is 0.845. The van der Waals surface area contributed by atoms with Gasteiger partial charge in [0.2, 0.25) is 0 Å². The quantitative estimate of drug-likeness (QED) is 0.514. The molecule has 0 saturated carbocycles. The molecule has 4 rings (SSSR count). The number of hydrogen-bond acceptors (Lipinski definition) is 3. The Labute approximate surface area is 151 Å². The Kier molecular flexibility index (Phi) is 4.32. The topological polar surface area (TPSA) is 46.5 Å². The zero-order chi connectivity index (χ0) is 17.2. The van der Waals surface area contributed by atoms with Crippen molar-refractivity contribution < 1.29 is 0 Å². The molecule has 0 bridgehead atoms. The number of aryl methyl sites for hydroxylation is 1. The lowest BCUT2D eigenvalue weighted by Gasteiger charge is -2.07. The second kappa shape index (κ2) is 6.76. The van der Waals surface area contributed by atoms with E-state index in [-0.39, 0.29) is 0 Å². The van der Waals surface area contributed by atoms with E-state index in [1.54, 1.807) is 11.8 Å². The summed E-state index contributed by atoms with van der Waals surface area (Å²) in [6.45, 7) is 5.09. The zero-order valence-corrected chi connectivity index (χ0v) is 15.2. The number of benzene rings is 2. The first kappa shape index (κ1) is 16.0. The molecule has 126 valence electrons. The highest BCUT2D eigenvalue weighted by atomic mass is 32.2. The van der Waals surface area contributed by atoms with E-state index < -0.39 is 0 Å². The number of para-hydroxylation sites is 1. The van der Waals surface area contributed by atoms with E-state index in [9.17, 15) is 0 Å². The van der Waals surface area contributed by atoms with Gasteiger partial charge in [-0.15, -0.1) is 10.2 Å². The van der Waals surface area contributed by atoms with Crippen LogP contribution in [0.3, 0.4) is 0 Å². The fraction of sp³-hybridized carbons (Fsp3) is 0.200. The van der Waals surface area contributed by atoms with Gasteiger partial charge >= 0.3 is 0 Å². The van der Waals surface area contributed by atoms with Crippen LogP contribution in [0.1, 0.15) is 18.1 Å². The van der Waals surface area contributed by atoms with Crippen LogP contribution in [0.25, 0.3) is 22.3 Å². The first-order valence-electron chi connectivity index (χ1n) is 8.44. The third kappa shape index (κ3) is 3.07. The maximum Gasteiger partial charge on any atom is 0.191 e. The summed E-state index contributed by atoms with van der Waals surface area (Å²) in [6.07, 6.45) is 2.02. The number of aromatic amines is 1. The molecule has 0 aliphatic rings. The first-order chi connectivity index (χ1) is 12.3. The average Bonchev–Trinajstić information content (AvgIpc) is 3.24. The molecule has 0 aliphatic carbocycles. The predicted octanol–water partition coefficient (Wildman–Crippen LogP) is 5.05. The molecule has 0 fully saturated rings. The molecule has 0 amide bonds. The van der Waals surface area contributed by atoms with E-state index >= 15 is 0 Å². The van der Waals surface area contributed by atoms with Crippen molar-refractivity contribution in [1.82, 2.24) is 19.7 Å². The number of rotatable bonds is 5. The summed E-state index contributed by atoms with van der Waals surface area (Å²) >= 11 is 1.73. The number of aromatic nitrogens is 4. The first-order valence-corrected chi connectivity index (χ1v) is 9.43.